The van der Waals surface area contributed by atoms with Crippen LogP contribution in [-0.4, -0.2) is 20.4 Å². The molecule has 0 aliphatic heterocycles. The van der Waals surface area contributed by atoms with E-state index in [1.54, 1.807) is 0 Å². The van der Waals surface area contributed by atoms with E-state index in [0.717, 1.165) is 0 Å². The average Bonchev–Trinajstić information content (AvgIpc) is 2.26. The molecule has 7 heteroatoms. The van der Waals surface area contributed by atoms with E-state index in [9.17, 15) is 13.2 Å². The van der Waals surface area contributed by atoms with Crippen LogP contribution in [0.15, 0.2) is 12.1 Å². The number of rotatable bonds is 3. The maximum atomic E-state index is 12.5. The van der Waals surface area contributed by atoms with Crippen LogP contribution in [0, 0.1) is 0 Å². The molecule has 1 rings (SSSR count). The van der Waals surface area contributed by atoms with Gasteiger partial charge in [0, 0.05) is 5.56 Å². The summed E-state index contributed by atoms with van der Waals surface area (Å²) in [5.74, 6) is 0.280. The topological polar surface area (TPSA) is 44.5 Å². The zero-order valence-corrected chi connectivity index (χ0v) is 9.89. The van der Waals surface area contributed by atoms with Crippen LogP contribution in [0.1, 0.15) is 11.6 Å². The van der Waals surface area contributed by atoms with Gasteiger partial charge in [-0.1, -0.05) is 17.7 Å². The van der Waals surface area contributed by atoms with E-state index >= 15 is 0 Å². The van der Waals surface area contributed by atoms with E-state index in [1.807, 2.05) is 0 Å². The van der Waals surface area contributed by atoms with Gasteiger partial charge in [-0.3, -0.25) is 0 Å². The van der Waals surface area contributed by atoms with Crippen LogP contribution in [0.4, 0.5) is 13.2 Å². The van der Waals surface area contributed by atoms with Crippen LogP contribution in [0.5, 0.6) is 11.5 Å². The second-order valence-corrected chi connectivity index (χ2v) is 3.60. The number of halogens is 4. The van der Waals surface area contributed by atoms with E-state index < -0.39 is 12.2 Å². The van der Waals surface area contributed by atoms with Crippen LogP contribution in [0.2, 0.25) is 5.02 Å². The van der Waals surface area contributed by atoms with Gasteiger partial charge < -0.3 is 15.2 Å². The Balaban J connectivity index is 3.29. The Labute approximate surface area is 101 Å². The lowest BCUT2D eigenvalue weighted by atomic mass is 10.1. The van der Waals surface area contributed by atoms with Gasteiger partial charge in [0.25, 0.3) is 0 Å². The van der Waals surface area contributed by atoms with Gasteiger partial charge in [0.2, 0.25) is 0 Å². The lowest BCUT2D eigenvalue weighted by Gasteiger charge is -2.19. The number of benzene rings is 1. The van der Waals surface area contributed by atoms with Crippen molar-refractivity contribution in [2.75, 3.05) is 14.2 Å². The fourth-order valence-corrected chi connectivity index (χ4v) is 1.67. The Bertz CT molecular complexity index is 409. The van der Waals surface area contributed by atoms with Gasteiger partial charge in [0.15, 0.2) is 11.5 Å². The maximum Gasteiger partial charge on any atom is 0.407 e. The van der Waals surface area contributed by atoms with Gasteiger partial charge in [-0.05, 0) is 6.07 Å². The average molecular weight is 270 g/mol. The standard InChI is InChI=1S/C10H11ClF3NO2/c1-16-6-4-3-5(7(11)8(6)17-2)9(15)10(12,13)14/h3-4,9H,15H2,1-2H3/t9-/m1/s1. The quantitative estimate of drug-likeness (QED) is 0.918. The molecular weight excluding hydrogens is 259 g/mol. The molecule has 0 radical (unpaired) electrons. The van der Waals surface area contributed by atoms with E-state index in [0.29, 0.717) is 0 Å². The summed E-state index contributed by atoms with van der Waals surface area (Å²) in [6, 6.07) is 0.336. The third-order valence-electron chi connectivity index (χ3n) is 2.20. The summed E-state index contributed by atoms with van der Waals surface area (Å²) in [6.45, 7) is 0. The van der Waals surface area contributed by atoms with E-state index in [-0.39, 0.29) is 22.1 Å². The summed E-state index contributed by atoms with van der Waals surface area (Å²) >= 11 is 5.81. The molecule has 96 valence electrons. The van der Waals surface area contributed by atoms with Gasteiger partial charge in [0.1, 0.15) is 6.04 Å². The van der Waals surface area contributed by atoms with Crippen molar-refractivity contribution in [3.63, 3.8) is 0 Å². The molecule has 1 aromatic rings. The Morgan fingerprint density at radius 1 is 1.24 bits per heavy atom. The molecule has 0 amide bonds. The molecular formula is C10H11ClF3NO2. The molecule has 1 aromatic carbocycles. The number of ether oxygens (including phenoxy) is 2. The summed E-state index contributed by atoms with van der Waals surface area (Å²) in [4.78, 5) is 0. The molecule has 0 aliphatic carbocycles. The molecule has 0 spiro atoms. The molecule has 2 N–H and O–H groups in total. The zero-order chi connectivity index (χ0) is 13.2. The third kappa shape index (κ3) is 2.76. The summed E-state index contributed by atoms with van der Waals surface area (Å²) in [5.41, 5.74) is 4.83. The van der Waals surface area contributed by atoms with Crippen LogP contribution in [0.3, 0.4) is 0 Å². The Morgan fingerprint density at radius 3 is 2.24 bits per heavy atom. The number of alkyl halides is 3. The van der Waals surface area contributed by atoms with Crippen molar-refractivity contribution in [3.8, 4) is 11.5 Å². The summed E-state index contributed by atoms with van der Waals surface area (Å²) < 4.78 is 47.2. The number of hydrogen-bond acceptors (Lipinski definition) is 3. The molecule has 3 nitrogen and oxygen atoms in total. The number of nitrogens with two attached hydrogens (primary N) is 1. The van der Waals surface area contributed by atoms with Gasteiger partial charge in [-0.2, -0.15) is 13.2 Å². The minimum absolute atomic E-state index is 0.0337. The van der Waals surface area contributed by atoms with Crippen molar-refractivity contribution in [1.82, 2.24) is 0 Å². The fourth-order valence-electron chi connectivity index (χ4n) is 1.32. The minimum Gasteiger partial charge on any atom is -0.493 e. The molecule has 17 heavy (non-hydrogen) atoms. The van der Waals surface area contributed by atoms with Crippen LogP contribution in [0.25, 0.3) is 0 Å². The van der Waals surface area contributed by atoms with Crippen molar-refractivity contribution in [3.05, 3.63) is 22.7 Å². The minimum atomic E-state index is -4.57. The fraction of sp³-hybridized carbons (Fsp3) is 0.400. The molecule has 0 fully saturated rings. The van der Waals surface area contributed by atoms with Gasteiger partial charge in [-0.15, -0.1) is 0 Å². The van der Waals surface area contributed by atoms with Crippen molar-refractivity contribution in [1.29, 1.82) is 0 Å². The lowest BCUT2D eigenvalue weighted by molar-refractivity contribution is -0.149. The first-order chi connectivity index (χ1) is 7.82. The predicted molar refractivity (Wildman–Crippen MR) is 57.5 cm³/mol. The Morgan fingerprint density at radius 2 is 1.82 bits per heavy atom. The lowest BCUT2D eigenvalue weighted by Crippen LogP contribution is -2.28. The van der Waals surface area contributed by atoms with Crippen LogP contribution in [-0.2, 0) is 0 Å². The molecule has 0 saturated heterocycles. The second kappa shape index (κ2) is 5.01. The van der Waals surface area contributed by atoms with E-state index in [2.05, 4.69) is 0 Å². The van der Waals surface area contributed by atoms with Crippen molar-refractivity contribution < 1.29 is 22.6 Å². The SMILES string of the molecule is COc1ccc([C@@H](N)C(F)(F)F)c(Cl)c1OC. The van der Waals surface area contributed by atoms with Gasteiger partial charge in [-0.25, -0.2) is 0 Å². The molecule has 0 aliphatic rings. The molecule has 0 unspecified atom stereocenters. The van der Waals surface area contributed by atoms with Crippen LogP contribution < -0.4 is 15.2 Å². The number of methoxy groups -OCH3 is 2. The highest BCUT2D eigenvalue weighted by atomic mass is 35.5. The second-order valence-electron chi connectivity index (χ2n) is 3.22. The first-order valence-corrected chi connectivity index (χ1v) is 4.93. The maximum absolute atomic E-state index is 12.5. The first-order valence-electron chi connectivity index (χ1n) is 4.55. The highest BCUT2D eigenvalue weighted by Gasteiger charge is 2.39. The predicted octanol–water partition coefficient (Wildman–Crippen LogP) is 2.92. The van der Waals surface area contributed by atoms with Gasteiger partial charge >= 0.3 is 6.18 Å². The largest absolute Gasteiger partial charge is 0.493 e. The molecule has 0 aromatic heterocycles. The summed E-state index contributed by atoms with van der Waals surface area (Å²) in [6.07, 6.45) is -4.57. The highest BCUT2D eigenvalue weighted by Crippen LogP contribution is 2.42. The zero-order valence-electron chi connectivity index (χ0n) is 9.14. The molecule has 0 bridgehead atoms. The highest BCUT2D eigenvalue weighted by molar-refractivity contribution is 6.33. The first kappa shape index (κ1) is 13.9. The summed E-state index contributed by atoms with van der Waals surface area (Å²) in [5, 5.41) is -0.198. The molecule has 0 saturated carbocycles. The van der Waals surface area contributed by atoms with E-state index in [4.69, 9.17) is 26.8 Å². The molecule has 0 heterocycles. The Hall–Kier alpha value is -1.14. The Kier molecular flexibility index (Phi) is 4.11. The monoisotopic (exact) mass is 269 g/mol. The normalized spacial score (nSPS) is 13.4. The van der Waals surface area contributed by atoms with Gasteiger partial charge in [0.05, 0.1) is 19.2 Å². The smallest absolute Gasteiger partial charge is 0.407 e. The van der Waals surface area contributed by atoms with Crippen molar-refractivity contribution in [2.45, 2.75) is 12.2 Å². The van der Waals surface area contributed by atoms with E-state index in [1.165, 1.54) is 26.4 Å². The van der Waals surface area contributed by atoms with Crippen LogP contribution >= 0.6 is 11.6 Å². The third-order valence-corrected chi connectivity index (χ3v) is 2.59. The molecule has 1 atom stereocenters. The number of hydrogen-bond donors (Lipinski definition) is 1. The van der Waals surface area contributed by atoms with Crippen molar-refractivity contribution in [2.24, 2.45) is 5.73 Å². The summed E-state index contributed by atoms with van der Waals surface area (Å²) in [7, 11) is 2.64. The van der Waals surface area contributed by atoms with Crippen molar-refractivity contribution >= 4 is 11.6 Å².